The molecule has 1 aromatic heterocycles. The minimum absolute atomic E-state index is 0.0210. The van der Waals surface area contributed by atoms with Crippen LogP contribution in [0.4, 0.5) is 10.5 Å². The summed E-state index contributed by atoms with van der Waals surface area (Å²) >= 11 is 1.07. The second-order valence-corrected chi connectivity index (χ2v) is 8.28. The van der Waals surface area contributed by atoms with Crippen LogP contribution < -0.4 is 10.6 Å². The third-order valence-electron chi connectivity index (χ3n) is 4.02. The fourth-order valence-corrected chi connectivity index (χ4v) is 3.03. The first-order valence-electron chi connectivity index (χ1n) is 9.04. The zero-order valence-corrected chi connectivity index (χ0v) is 17.2. The van der Waals surface area contributed by atoms with Crippen molar-refractivity contribution in [1.82, 2.24) is 15.5 Å². The Hall–Kier alpha value is -3.13. The van der Waals surface area contributed by atoms with Gasteiger partial charge in [-0.15, -0.1) is 10.2 Å². The predicted molar refractivity (Wildman–Crippen MR) is 113 cm³/mol. The van der Waals surface area contributed by atoms with Crippen LogP contribution in [0.15, 0.2) is 64.2 Å². The van der Waals surface area contributed by atoms with E-state index in [9.17, 15) is 9.59 Å². The highest BCUT2D eigenvalue weighted by Crippen LogP contribution is 2.27. The van der Waals surface area contributed by atoms with Gasteiger partial charge in [-0.2, -0.15) is 0 Å². The van der Waals surface area contributed by atoms with E-state index in [2.05, 4.69) is 41.6 Å². The SMILES string of the molecule is CC(C)(C)c1ccc(-c2nnc(SCC(=O)NC(=O)Nc3ccccc3)o2)cc1. The van der Waals surface area contributed by atoms with Crippen molar-refractivity contribution in [2.75, 3.05) is 11.1 Å². The summed E-state index contributed by atoms with van der Waals surface area (Å²) in [6, 6.07) is 16.2. The zero-order chi connectivity index (χ0) is 20.9. The topological polar surface area (TPSA) is 97.1 Å². The molecule has 0 unspecified atom stereocenters. The van der Waals surface area contributed by atoms with Gasteiger partial charge in [-0.1, -0.05) is 62.9 Å². The monoisotopic (exact) mass is 410 g/mol. The Morgan fingerprint density at radius 1 is 1.00 bits per heavy atom. The van der Waals surface area contributed by atoms with E-state index in [0.29, 0.717) is 11.6 Å². The third kappa shape index (κ3) is 5.92. The number of benzene rings is 2. The lowest BCUT2D eigenvalue weighted by atomic mass is 9.87. The van der Waals surface area contributed by atoms with Crippen LogP contribution in [0.5, 0.6) is 0 Å². The Labute approximate surface area is 173 Å². The van der Waals surface area contributed by atoms with Crippen molar-refractivity contribution in [3.8, 4) is 11.5 Å². The highest BCUT2D eigenvalue weighted by atomic mass is 32.2. The van der Waals surface area contributed by atoms with Gasteiger partial charge in [-0.25, -0.2) is 4.79 Å². The molecule has 2 aromatic carbocycles. The Morgan fingerprint density at radius 2 is 1.69 bits per heavy atom. The lowest BCUT2D eigenvalue weighted by Crippen LogP contribution is -2.35. The van der Waals surface area contributed by atoms with E-state index in [1.807, 2.05) is 30.3 Å². The van der Waals surface area contributed by atoms with Gasteiger partial charge in [-0.3, -0.25) is 10.1 Å². The molecule has 0 radical (unpaired) electrons. The summed E-state index contributed by atoms with van der Waals surface area (Å²) in [6.45, 7) is 6.44. The van der Waals surface area contributed by atoms with Crippen LogP contribution in [-0.2, 0) is 10.2 Å². The first-order chi connectivity index (χ1) is 13.8. The maximum absolute atomic E-state index is 11.9. The molecule has 0 bridgehead atoms. The van der Waals surface area contributed by atoms with Crippen molar-refractivity contribution in [2.24, 2.45) is 0 Å². The number of urea groups is 1. The third-order valence-corrected chi connectivity index (χ3v) is 4.83. The summed E-state index contributed by atoms with van der Waals surface area (Å²) in [5, 5.41) is 13.1. The van der Waals surface area contributed by atoms with Gasteiger partial charge in [0.25, 0.3) is 5.22 Å². The highest BCUT2D eigenvalue weighted by Gasteiger charge is 2.16. The molecule has 3 rings (SSSR count). The van der Waals surface area contributed by atoms with Crippen molar-refractivity contribution >= 4 is 29.4 Å². The Bertz CT molecular complexity index is 979. The quantitative estimate of drug-likeness (QED) is 0.602. The normalized spacial score (nSPS) is 11.1. The molecule has 8 heteroatoms. The summed E-state index contributed by atoms with van der Waals surface area (Å²) in [5.74, 6) is -0.0970. The fourth-order valence-electron chi connectivity index (χ4n) is 2.47. The van der Waals surface area contributed by atoms with E-state index in [-0.39, 0.29) is 16.4 Å². The summed E-state index contributed by atoms with van der Waals surface area (Å²) < 4.78 is 5.61. The second kappa shape index (κ2) is 8.91. The highest BCUT2D eigenvalue weighted by molar-refractivity contribution is 7.99. The van der Waals surface area contributed by atoms with Crippen molar-refractivity contribution in [1.29, 1.82) is 0 Å². The minimum atomic E-state index is -0.591. The van der Waals surface area contributed by atoms with Crippen LogP contribution >= 0.6 is 11.8 Å². The Balaban J connectivity index is 1.51. The van der Waals surface area contributed by atoms with Crippen LogP contribution in [0.3, 0.4) is 0 Å². The summed E-state index contributed by atoms with van der Waals surface area (Å²) in [6.07, 6.45) is 0. The molecule has 1 heterocycles. The van der Waals surface area contributed by atoms with E-state index < -0.39 is 11.9 Å². The summed E-state index contributed by atoms with van der Waals surface area (Å²) in [4.78, 5) is 23.8. The predicted octanol–water partition coefficient (Wildman–Crippen LogP) is 4.47. The molecule has 2 N–H and O–H groups in total. The number of imide groups is 1. The van der Waals surface area contributed by atoms with Crippen LogP contribution in [0.1, 0.15) is 26.3 Å². The number of carbonyl (C=O) groups is 2. The first-order valence-corrected chi connectivity index (χ1v) is 10.0. The molecule has 0 fully saturated rings. The maximum atomic E-state index is 11.9. The van der Waals surface area contributed by atoms with Gasteiger partial charge in [0.1, 0.15) is 0 Å². The molecule has 0 saturated heterocycles. The fraction of sp³-hybridized carbons (Fsp3) is 0.238. The lowest BCUT2D eigenvalue weighted by molar-refractivity contribution is -0.117. The molecular formula is C21H22N4O3S. The molecule has 0 saturated carbocycles. The molecular weight excluding hydrogens is 388 g/mol. The van der Waals surface area contributed by atoms with Gasteiger partial charge in [0.2, 0.25) is 11.8 Å². The molecule has 3 aromatic rings. The zero-order valence-electron chi connectivity index (χ0n) is 16.4. The van der Waals surface area contributed by atoms with Gasteiger partial charge in [0.15, 0.2) is 0 Å². The lowest BCUT2D eigenvalue weighted by Gasteiger charge is -2.18. The van der Waals surface area contributed by atoms with E-state index >= 15 is 0 Å². The molecule has 29 heavy (non-hydrogen) atoms. The van der Waals surface area contributed by atoms with Crippen LogP contribution in [0, 0.1) is 0 Å². The van der Waals surface area contributed by atoms with E-state index in [0.717, 1.165) is 17.3 Å². The molecule has 0 spiro atoms. The first kappa shape index (κ1) is 20.6. The molecule has 0 aliphatic carbocycles. The molecule has 0 aliphatic heterocycles. The number of amides is 3. The number of anilines is 1. The average molecular weight is 410 g/mol. The van der Waals surface area contributed by atoms with Crippen molar-refractivity contribution in [2.45, 2.75) is 31.4 Å². The van der Waals surface area contributed by atoms with Crippen LogP contribution in [0.2, 0.25) is 0 Å². The molecule has 7 nitrogen and oxygen atoms in total. The van der Waals surface area contributed by atoms with Gasteiger partial charge >= 0.3 is 6.03 Å². The average Bonchev–Trinajstić information content (AvgIpc) is 3.15. The van der Waals surface area contributed by atoms with E-state index in [1.54, 1.807) is 24.3 Å². The van der Waals surface area contributed by atoms with Gasteiger partial charge in [0, 0.05) is 11.3 Å². The summed E-state index contributed by atoms with van der Waals surface area (Å²) in [7, 11) is 0. The largest absolute Gasteiger partial charge is 0.411 e. The number of thioether (sulfide) groups is 1. The molecule has 3 amide bonds. The molecule has 0 atom stereocenters. The molecule has 0 aliphatic rings. The minimum Gasteiger partial charge on any atom is -0.411 e. The smallest absolute Gasteiger partial charge is 0.325 e. The number of rotatable bonds is 5. The van der Waals surface area contributed by atoms with E-state index in [4.69, 9.17) is 4.42 Å². The Morgan fingerprint density at radius 3 is 2.34 bits per heavy atom. The van der Waals surface area contributed by atoms with Crippen molar-refractivity contribution in [3.63, 3.8) is 0 Å². The van der Waals surface area contributed by atoms with E-state index in [1.165, 1.54) is 5.56 Å². The number of hydrogen-bond donors (Lipinski definition) is 2. The number of nitrogens with zero attached hydrogens (tertiary/aromatic N) is 2. The standard InChI is InChI=1S/C21H22N4O3S/c1-21(2,3)15-11-9-14(10-12-15)18-24-25-20(28-18)29-13-17(26)23-19(27)22-16-7-5-4-6-8-16/h4-12H,13H2,1-3H3,(H2,22,23,26,27). The second-order valence-electron chi connectivity index (χ2n) is 7.36. The van der Waals surface area contributed by atoms with Gasteiger partial charge in [-0.05, 0) is 35.2 Å². The van der Waals surface area contributed by atoms with Crippen molar-refractivity contribution < 1.29 is 14.0 Å². The summed E-state index contributed by atoms with van der Waals surface area (Å²) in [5.41, 5.74) is 2.68. The number of carbonyl (C=O) groups excluding carboxylic acids is 2. The van der Waals surface area contributed by atoms with Gasteiger partial charge in [0.05, 0.1) is 5.75 Å². The van der Waals surface area contributed by atoms with Crippen LogP contribution in [0.25, 0.3) is 11.5 Å². The Kier molecular flexibility index (Phi) is 6.33. The van der Waals surface area contributed by atoms with Crippen molar-refractivity contribution in [3.05, 3.63) is 60.2 Å². The van der Waals surface area contributed by atoms with Gasteiger partial charge < -0.3 is 9.73 Å². The van der Waals surface area contributed by atoms with Crippen LogP contribution in [-0.4, -0.2) is 27.9 Å². The maximum Gasteiger partial charge on any atom is 0.325 e. The number of para-hydroxylation sites is 1. The molecule has 150 valence electrons. The number of nitrogens with one attached hydrogen (secondary N) is 2. The number of aromatic nitrogens is 2. The number of hydrogen-bond acceptors (Lipinski definition) is 6.